The number of nitrogens with zero attached hydrogens (tertiary/aromatic N) is 2. The summed E-state index contributed by atoms with van der Waals surface area (Å²) in [6, 6.07) is 14.4. The van der Waals surface area contributed by atoms with Gasteiger partial charge in [0, 0.05) is 35.1 Å². The van der Waals surface area contributed by atoms with Crippen LogP contribution in [0.25, 0.3) is 5.69 Å². The summed E-state index contributed by atoms with van der Waals surface area (Å²) in [5.74, 6) is 0.138. The standard InChI is InChI=1S/C20H20N2OS/c1-15-8-9-16(14-18(15)21-10-2-3-11-21)20(23)22-12-4-6-17(22)19-7-5-13-24-19/h2-3,5,7-11,13-14,17H,4,6,12H2,1H3/t17-/m0/s1. The van der Waals surface area contributed by atoms with Crippen molar-refractivity contribution in [2.75, 3.05) is 6.54 Å². The number of aryl methyl sites for hydroxylation is 1. The summed E-state index contributed by atoms with van der Waals surface area (Å²) in [5.41, 5.74) is 3.00. The molecule has 3 nitrogen and oxygen atoms in total. The third kappa shape index (κ3) is 2.67. The highest BCUT2D eigenvalue weighted by atomic mass is 32.1. The van der Waals surface area contributed by atoms with E-state index in [9.17, 15) is 4.79 Å². The normalized spacial score (nSPS) is 17.4. The average Bonchev–Trinajstić information content (AvgIpc) is 3.34. The van der Waals surface area contributed by atoms with Crippen molar-refractivity contribution in [1.29, 1.82) is 0 Å². The first-order valence-corrected chi connectivity index (χ1v) is 9.20. The summed E-state index contributed by atoms with van der Waals surface area (Å²) in [5, 5.41) is 2.09. The Labute approximate surface area is 146 Å². The molecule has 1 saturated heterocycles. The topological polar surface area (TPSA) is 25.2 Å². The quantitative estimate of drug-likeness (QED) is 0.673. The summed E-state index contributed by atoms with van der Waals surface area (Å²) in [6.07, 6.45) is 6.16. The summed E-state index contributed by atoms with van der Waals surface area (Å²) in [7, 11) is 0. The van der Waals surface area contributed by atoms with Gasteiger partial charge in [0.2, 0.25) is 0 Å². The number of hydrogen-bond acceptors (Lipinski definition) is 2. The van der Waals surface area contributed by atoms with E-state index in [0.29, 0.717) is 0 Å². The van der Waals surface area contributed by atoms with Crippen LogP contribution in [0.15, 0.2) is 60.2 Å². The first-order valence-electron chi connectivity index (χ1n) is 8.32. The van der Waals surface area contributed by atoms with Crippen molar-refractivity contribution in [1.82, 2.24) is 9.47 Å². The van der Waals surface area contributed by atoms with E-state index in [4.69, 9.17) is 0 Å². The van der Waals surface area contributed by atoms with Crippen LogP contribution in [0.1, 0.15) is 39.7 Å². The van der Waals surface area contributed by atoms with Gasteiger partial charge in [0.1, 0.15) is 0 Å². The predicted molar refractivity (Wildman–Crippen MR) is 97.8 cm³/mol. The Bertz CT molecular complexity index is 837. The molecule has 24 heavy (non-hydrogen) atoms. The second-order valence-electron chi connectivity index (χ2n) is 6.26. The average molecular weight is 336 g/mol. The summed E-state index contributed by atoms with van der Waals surface area (Å²) in [6.45, 7) is 2.92. The number of hydrogen-bond donors (Lipinski definition) is 0. The SMILES string of the molecule is Cc1ccc(C(=O)N2CCC[C@H]2c2cccs2)cc1-n1cccc1. The Morgan fingerprint density at radius 3 is 2.75 bits per heavy atom. The van der Waals surface area contributed by atoms with Gasteiger partial charge in [-0.2, -0.15) is 0 Å². The minimum absolute atomic E-state index is 0.138. The molecule has 0 spiro atoms. The highest BCUT2D eigenvalue weighted by Gasteiger charge is 2.31. The Morgan fingerprint density at radius 2 is 2.00 bits per heavy atom. The van der Waals surface area contributed by atoms with Gasteiger partial charge in [-0.25, -0.2) is 0 Å². The van der Waals surface area contributed by atoms with Crippen LogP contribution in [0, 0.1) is 6.92 Å². The lowest BCUT2D eigenvalue weighted by molar-refractivity contribution is 0.0738. The third-order valence-electron chi connectivity index (χ3n) is 4.72. The van der Waals surface area contributed by atoms with Gasteiger partial charge in [-0.05, 0) is 61.0 Å². The molecule has 1 atom stereocenters. The molecule has 0 unspecified atom stereocenters. The molecule has 0 saturated carbocycles. The van der Waals surface area contributed by atoms with Crippen molar-refractivity contribution in [3.05, 3.63) is 76.2 Å². The van der Waals surface area contributed by atoms with Crippen LogP contribution in [0.5, 0.6) is 0 Å². The van der Waals surface area contributed by atoms with Crippen LogP contribution < -0.4 is 0 Å². The van der Waals surface area contributed by atoms with Gasteiger partial charge < -0.3 is 9.47 Å². The molecule has 1 amide bonds. The molecule has 0 radical (unpaired) electrons. The molecule has 0 aliphatic carbocycles. The molecule has 1 aliphatic rings. The van der Waals surface area contributed by atoms with E-state index < -0.39 is 0 Å². The summed E-state index contributed by atoms with van der Waals surface area (Å²) >= 11 is 1.74. The van der Waals surface area contributed by atoms with Crippen LogP contribution in [0.2, 0.25) is 0 Å². The molecule has 2 aromatic heterocycles. The monoisotopic (exact) mass is 336 g/mol. The van der Waals surface area contributed by atoms with Crippen LogP contribution >= 0.6 is 11.3 Å². The van der Waals surface area contributed by atoms with Gasteiger partial charge in [0.15, 0.2) is 0 Å². The molecular formula is C20H20N2OS. The van der Waals surface area contributed by atoms with E-state index in [2.05, 4.69) is 29.0 Å². The zero-order valence-corrected chi connectivity index (χ0v) is 14.5. The van der Waals surface area contributed by atoms with Gasteiger partial charge >= 0.3 is 0 Å². The molecule has 1 aliphatic heterocycles. The Kier molecular flexibility index (Phi) is 3.98. The molecule has 3 heterocycles. The molecule has 0 bridgehead atoms. The highest BCUT2D eigenvalue weighted by molar-refractivity contribution is 7.10. The Morgan fingerprint density at radius 1 is 1.17 bits per heavy atom. The number of carbonyl (C=O) groups excluding carboxylic acids is 1. The zero-order chi connectivity index (χ0) is 16.5. The lowest BCUT2D eigenvalue weighted by Crippen LogP contribution is -2.30. The predicted octanol–water partition coefficient (Wildman–Crippen LogP) is 4.82. The van der Waals surface area contributed by atoms with E-state index in [1.807, 2.05) is 47.6 Å². The fraction of sp³-hybridized carbons (Fsp3) is 0.250. The largest absolute Gasteiger partial charge is 0.331 e. The number of aromatic nitrogens is 1. The highest BCUT2D eigenvalue weighted by Crippen LogP contribution is 2.35. The molecule has 1 fully saturated rings. The maximum Gasteiger partial charge on any atom is 0.254 e. The van der Waals surface area contributed by atoms with Gasteiger partial charge in [-0.1, -0.05) is 12.1 Å². The number of thiophene rings is 1. The van der Waals surface area contributed by atoms with Gasteiger partial charge in [0.05, 0.1) is 6.04 Å². The van der Waals surface area contributed by atoms with Crippen molar-refractivity contribution >= 4 is 17.2 Å². The van der Waals surface area contributed by atoms with Crippen molar-refractivity contribution in [2.24, 2.45) is 0 Å². The van der Waals surface area contributed by atoms with Crippen molar-refractivity contribution < 1.29 is 4.79 Å². The number of likely N-dealkylation sites (tertiary alicyclic amines) is 1. The summed E-state index contributed by atoms with van der Waals surface area (Å²) in [4.78, 5) is 16.4. The molecule has 3 aromatic rings. The van der Waals surface area contributed by atoms with Gasteiger partial charge in [-0.15, -0.1) is 11.3 Å². The summed E-state index contributed by atoms with van der Waals surface area (Å²) < 4.78 is 2.06. The molecular weight excluding hydrogens is 316 g/mol. The number of benzene rings is 1. The first kappa shape index (κ1) is 15.2. The molecule has 4 rings (SSSR count). The van der Waals surface area contributed by atoms with E-state index in [0.717, 1.165) is 30.6 Å². The van der Waals surface area contributed by atoms with Crippen LogP contribution in [0.3, 0.4) is 0 Å². The number of carbonyl (C=O) groups is 1. The van der Waals surface area contributed by atoms with E-state index >= 15 is 0 Å². The molecule has 1 aromatic carbocycles. The molecule has 122 valence electrons. The smallest absolute Gasteiger partial charge is 0.254 e. The van der Waals surface area contributed by atoms with Crippen LogP contribution in [0.4, 0.5) is 0 Å². The fourth-order valence-electron chi connectivity index (χ4n) is 3.47. The van der Waals surface area contributed by atoms with Crippen LogP contribution in [-0.4, -0.2) is 21.9 Å². The van der Waals surface area contributed by atoms with Crippen molar-refractivity contribution in [2.45, 2.75) is 25.8 Å². The van der Waals surface area contributed by atoms with Crippen LogP contribution in [-0.2, 0) is 0 Å². The maximum absolute atomic E-state index is 13.1. The zero-order valence-electron chi connectivity index (χ0n) is 13.7. The Balaban J connectivity index is 1.66. The molecule has 4 heteroatoms. The maximum atomic E-state index is 13.1. The van der Waals surface area contributed by atoms with E-state index in [1.165, 1.54) is 10.4 Å². The van der Waals surface area contributed by atoms with E-state index in [1.54, 1.807) is 11.3 Å². The van der Waals surface area contributed by atoms with Crippen molar-refractivity contribution in [3.8, 4) is 5.69 Å². The second kappa shape index (κ2) is 6.29. The fourth-order valence-corrected chi connectivity index (χ4v) is 4.34. The second-order valence-corrected chi connectivity index (χ2v) is 7.24. The lowest BCUT2D eigenvalue weighted by Gasteiger charge is -2.24. The third-order valence-corrected chi connectivity index (χ3v) is 5.70. The number of rotatable bonds is 3. The Hall–Kier alpha value is -2.33. The number of amides is 1. The lowest BCUT2D eigenvalue weighted by atomic mass is 10.1. The van der Waals surface area contributed by atoms with Crippen molar-refractivity contribution in [3.63, 3.8) is 0 Å². The molecule has 0 N–H and O–H groups in total. The van der Waals surface area contributed by atoms with Gasteiger partial charge in [-0.3, -0.25) is 4.79 Å². The minimum Gasteiger partial charge on any atom is -0.331 e. The van der Waals surface area contributed by atoms with Gasteiger partial charge in [0.25, 0.3) is 5.91 Å². The first-order chi connectivity index (χ1) is 11.7. The minimum atomic E-state index is 0.138. The van der Waals surface area contributed by atoms with E-state index in [-0.39, 0.29) is 11.9 Å².